The van der Waals surface area contributed by atoms with E-state index >= 15 is 0 Å². The zero-order chi connectivity index (χ0) is 24.9. The van der Waals surface area contributed by atoms with Gasteiger partial charge in [0.15, 0.2) is 6.10 Å². The van der Waals surface area contributed by atoms with Crippen LogP contribution >= 0.6 is 0 Å². The molecule has 2 aromatic rings. The largest absolute Gasteiger partial charge is 0.479 e. The molecule has 0 saturated carbocycles. The van der Waals surface area contributed by atoms with Crippen molar-refractivity contribution in [3.05, 3.63) is 59.7 Å². The van der Waals surface area contributed by atoms with Crippen molar-refractivity contribution in [2.24, 2.45) is 5.41 Å². The minimum absolute atomic E-state index is 0.0616. The Morgan fingerprint density at radius 2 is 1.56 bits per heavy atom. The average molecular weight is 469 g/mol. The van der Waals surface area contributed by atoms with E-state index in [1.54, 1.807) is 0 Å². The van der Waals surface area contributed by atoms with Crippen LogP contribution in [0.5, 0.6) is 0 Å². The number of amides is 2. The van der Waals surface area contributed by atoms with Crippen LogP contribution in [0.1, 0.15) is 57.6 Å². The van der Waals surface area contributed by atoms with Crippen LogP contribution in [-0.4, -0.2) is 41.8 Å². The molecule has 0 bridgehead atoms. The van der Waals surface area contributed by atoms with E-state index < -0.39 is 30.1 Å². The van der Waals surface area contributed by atoms with Crippen LogP contribution in [-0.2, 0) is 19.2 Å². The number of nitrogens with one attached hydrogen (secondary N) is 2. The number of carbonyl (C=O) groups is 3. The monoisotopic (exact) mass is 468 g/mol. The van der Waals surface area contributed by atoms with Gasteiger partial charge >= 0.3 is 12.1 Å². The van der Waals surface area contributed by atoms with Crippen molar-refractivity contribution in [2.45, 2.75) is 58.6 Å². The molecule has 1 aliphatic carbocycles. The van der Waals surface area contributed by atoms with Gasteiger partial charge in [-0.1, -0.05) is 69.3 Å². The standard InChI is InChI=1S/C26H32N2O6/c1-16(24(30)31)34-28-23(29)13-17(14-26(2,3)4)27-25(32)33-15-22-20-11-7-5-9-18(20)19-10-6-8-12-21(19)22/h5-12,16-17,22H,13-15H2,1-4H3,(H,27,32)(H,28,29)(H,30,31). The molecule has 8 heteroatoms. The minimum Gasteiger partial charge on any atom is -0.479 e. The smallest absolute Gasteiger partial charge is 0.407 e. The molecule has 0 saturated heterocycles. The number of aliphatic carboxylic acids is 1. The number of rotatable bonds is 9. The van der Waals surface area contributed by atoms with Gasteiger partial charge in [0.25, 0.3) is 0 Å². The van der Waals surface area contributed by atoms with Crippen molar-refractivity contribution < 1.29 is 29.1 Å². The normalized spacial score (nSPS) is 14.5. The molecule has 2 unspecified atom stereocenters. The van der Waals surface area contributed by atoms with Crippen molar-refractivity contribution in [3.8, 4) is 11.1 Å². The van der Waals surface area contributed by atoms with Gasteiger partial charge in [-0.2, -0.15) is 0 Å². The highest BCUT2D eigenvalue weighted by atomic mass is 16.7. The summed E-state index contributed by atoms with van der Waals surface area (Å²) in [5.41, 5.74) is 6.49. The molecule has 3 rings (SSSR count). The topological polar surface area (TPSA) is 114 Å². The minimum atomic E-state index is -1.19. The first-order chi connectivity index (χ1) is 16.0. The highest BCUT2D eigenvalue weighted by Gasteiger charge is 2.30. The Hall–Kier alpha value is -3.39. The van der Waals surface area contributed by atoms with E-state index in [1.807, 2.05) is 57.2 Å². The Morgan fingerprint density at radius 1 is 1.00 bits per heavy atom. The summed E-state index contributed by atoms with van der Waals surface area (Å²) in [5.74, 6) is -1.78. The molecular weight excluding hydrogens is 436 g/mol. The highest BCUT2D eigenvalue weighted by molar-refractivity contribution is 5.79. The third-order valence-electron chi connectivity index (χ3n) is 5.65. The molecule has 34 heavy (non-hydrogen) atoms. The molecule has 0 aromatic heterocycles. The van der Waals surface area contributed by atoms with E-state index in [-0.39, 0.29) is 24.4 Å². The number of carboxylic acid groups (broad SMARTS) is 1. The van der Waals surface area contributed by atoms with Gasteiger partial charge in [0.2, 0.25) is 5.91 Å². The fourth-order valence-electron chi connectivity index (χ4n) is 4.19. The number of ether oxygens (including phenoxy) is 1. The number of hydrogen-bond acceptors (Lipinski definition) is 5. The molecule has 2 amide bonds. The molecule has 0 heterocycles. The summed E-state index contributed by atoms with van der Waals surface area (Å²) in [6, 6.07) is 15.7. The summed E-state index contributed by atoms with van der Waals surface area (Å²) in [4.78, 5) is 40.6. The summed E-state index contributed by atoms with van der Waals surface area (Å²) in [7, 11) is 0. The van der Waals surface area contributed by atoms with Gasteiger partial charge in [-0.15, -0.1) is 0 Å². The molecule has 182 valence electrons. The number of carboxylic acids is 1. The summed E-state index contributed by atoms with van der Waals surface area (Å²) >= 11 is 0. The van der Waals surface area contributed by atoms with Crippen molar-refractivity contribution in [1.29, 1.82) is 0 Å². The fourth-order valence-corrected chi connectivity index (χ4v) is 4.19. The Kier molecular flexibility index (Phi) is 7.94. The van der Waals surface area contributed by atoms with E-state index in [2.05, 4.69) is 22.9 Å². The number of hydrogen-bond donors (Lipinski definition) is 3. The quantitative estimate of drug-likeness (QED) is 0.474. The van der Waals surface area contributed by atoms with E-state index in [4.69, 9.17) is 14.7 Å². The van der Waals surface area contributed by atoms with Crippen molar-refractivity contribution >= 4 is 18.0 Å². The van der Waals surface area contributed by atoms with Gasteiger partial charge in [0.1, 0.15) is 6.61 Å². The third-order valence-corrected chi connectivity index (χ3v) is 5.65. The lowest BCUT2D eigenvalue weighted by Gasteiger charge is -2.26. The Bertz CT molecular complexity index is 1000. The zero-order valence-corrected chi connectivity index (χ0v) is 20.0. The molecule has 2 aromatic carbocycles. The maximum absolute atomic E-state index is 12.7. The first kappa shape index (κ1) is 25.2. The second kappa shape index (κ2) is 10.7. The maximum atomic E-state index is 12.7. The van der Waals surface area contributed by atoms with Crippen molar-refractivity contribution in [3.63, 3.8) is 0 Å². The lowest BCUT2D eigenvalue weighted by molar-refractivity contribution is -0.158. The van der Waals surface area contributed by atoms with Crippen LogP contribution in [0.25, 0.3) is 11.1 Å². The number of carbonyl (C=O) groups excluding carboxylic acids is 2. The number of alkyl carbamates (subject to hydrolysis) is 1. The van der Waals surface area contributed by atoms with E-state index in [1.165, 1.54) is 6.92 Å². The van der Waals surface area contributed by atoms with E-state index in [0.717, 1.165) is 22.3 Å². The Labute approximate surface area is 199 Å². The zero-order valence-electron chi connectivity index (χ0n) is 20.0. The summed E-state index contributed by atoms with van der Waals surface area (Å²) in [6.45, 7) is 7.48. The first-order valence-electron chi connectivity index (χ1n) is 11.3. The number of benzene rings is 2. The summed E-state index contributed by atoms with van der Waals surface area (Å²) < 4.78 is 5.61. The molecule has 1 aliphatic rings. The predicted molar refractivity (Wildman–Crippen MR) is 127 cm³/mol. The van der Waals surface area contributed by atoms with Crippen LogP contribution in [0.2, 0.25) is 0 Å². The average Bonchev–Trinajstić information content (AvgIpc) is 3.08. The molecule has 8 nitrogen and oxygen atoms in total. The molecule has 3 N–H and O–H groups in total. The summed E-state index contributed by atoms with van der Waals surface area (Å²) in [6.07, 6.45) is -1.35. The van der Waals surface area contributed by atoms with Crippen LogP contribution in [0.15, 0.2) is 48.5 Å². The maximum Gasteiger partial charge on any atom is 0.407 e. The lowest BCUT2D eigenvalue weighted by Crippen LogP contribution is -2.42. The van der Waals surface area contributed by atoms with Gasteiger partial charge in [-0.25, -0.2) is 15.1 Å². The van der Waals surface area contributed by atoms with Gasteiger partial charge in [0, 0.05) is 18.4 Å². The molecule has 0 radical (unpaired) electrons. The molecule has 0 aliphatic heterocycles. The Balaban J connectivity index is 1.61. The first-order valence-corrected chi connectivity index (χ1v) is 11.3. The second-order valence-corrected chi connectivity index (χ2v) is 9.76. The van der Waals surface area contributed by atoms with E-state index in [0.29, 0.717) is 6.42 Å². The Morgan fingerprint density at radius 3 is 2.09 bits per heavy atom. The molecule has 0 spiro atoms. The van der Waals surface area contributed by atoms with Crippen LogP contribution in [0.3, 0.4) is 0 Å². The van der Waals surface area contributed by atoms with Crippen LogP contribution in [0, 0.1) is 5.41 Å². The molecule has 2 atom stereocenters. The van der Waals surface area contributed by atoms with Gasteiger partial charge < -0.3 is 15.2 Å². The van der Waals surface area contributed by atoms with Gasteiger partial charge in [-0.05, 0) is 41.0 Å². The van der Waals surface area contributed by atoms with E-state index in [9.17, 15) is 14.4 Å². The van der Waals surface area contributed by atoms with Crippen LogP contribution in [0.4, 0.5) is 4.79 Å². The van der Waals surface area contributed by atoms with Gasteiger partial charge in [-0.3, -0.25) is 9.63 Å². The van der Waals surface area contributed by atoms with Crippen molar-refractivity contribution in [1.82, 2.24) is 10.8 Å². The summed E-state index contributed by atoms with van der Waals surface area (Å²) in [5, 5.41) is 11.7. The molecule has 0 fully saturated rings. The fraction of sp³-hybridized carbons (Fsp3) is 0.423. The number of hydroxylamine groups is 1. The third kappa shape index (κ3) is 6.57. The lowest BCUT2D eigenvalue weighted by atomic mass is 9.87. The van der Waals surface area contributed by atoms with Gasteiger partial charge in [0.05, 0.1) is 0 Å². The predicted octanol–water partition coefficient (Wildman–Crippen LogP) is 4.24. The van der Waals surface area contributed by atoms with Crippen molar-refractivity contribution in [2.75, 3.05) is 6.61 Å². The SMILES string of the molecule is CC(ONC(=O)CC(CC(C)(C)C)NC(=O)OCC1c2ccccc2-c2ccccc21)C(=O)O. The number of fused-ring (bicyclic) bond motifs is 3. The molecular formula is C26H32N2O6. The van der Waals surface area contributed by atoms with Crippen LogP contribution < -0.4 is 10.8 Å². The highest BCUT2D eigenvalue weighted by Crippen LogP contribution is 2.44. The second-order valence-electron chi connectivity index (χ2n) is 9.76.